The van der Waals surface area contributed by atoms with Crippen molar-refractivity contribution in [3.05, 3.63) is 74.5 Å². The Bertz CT molecular complexity index is 1600. The lowest BCUT2D eigenvalue weighted by molar-refractivity contribution is -0.111. The number of rotatable bonds is 9. The van der Waals surface area contributed by atoms with Gasteiger partial charge in [0.25, 0.3) is 5.56 Å². The number of nitrogens with zero attached hydrogens (tertiary/aromatic N) is 2. The Morgan fingerprint density at radius 1 is 1.08 bits per heavy atom. The van der Waals surface area contributed by atoms with Gasteiger partial charge in [0.2, 0.25) is 11.7 Å². The van der Waals surface area contributed by atoms with E-state index in [2.05, 4.69) is 10.4 Å². The molecule has 0 bridgehead atoms. The van der Waals surface area contributed by atoms with E-state index in [1.54, 1.807) is 54.8 Å². The number of methoxy groups -OCH3 is 3. The summed E-state index contributed by atoms with van der Waals surface area (Å²) in [5.41, 5.74) is 0.439. The molecule has 4 rings (SSSR count). The lowest BCUT2D eigenvalue weighted by Crippen LogP contribution is -2.25. The Balaban J connectivity index is 1.73. The van der Waals surface area contributed by atoms with Crippen molar-refractivity contribution in [1.29, 1.82) is 0 Å². The second-order valence-electron chi connectivity index (χ2n) is 7.90. The quantitative estimate of drug-likeness (QED) is 0.222. The highest BCUT2D eigenvalue weighted by Gasteiger charge is 2.23. The van der Waals surface area contributed by atoms with Crippen LogP contribution in [0.1, 0.15) is 23.0 Å². The fraction of sp³-hybridized carbons (Fsp3) is 0.185. The molecule has 1 N–H and O–H groups in total. The van der Waals surface area contributed by atoms with E-state index < -0.39 is 17.4 Å². The third-order valence-electron chi connectivity index (χ3n) is 5.54. The van der Waals surface area contributed by atoms with Gasteiger partial charge < -0.3 is 24.3 Å². The summed E-state index contributed by atoms with van der Waals surface area (Å²) in [5, 5.41) is 9.71. The molecular formula is C27H24ClN3O7S. The molecule has 0 unspecified atom stereocenters. The van der Waals surface area contributed by atoms with Crippen LogP contribution in [0.3, 0.4) is 0 Å². The van der Waals surface area contributed by atoms with Crippen LogP contribution in [0.25, 0.3) is 22.5 Å². The molecule has 0 fully saturated rings. The maximum absolute atomic E-state index is 13.5. The molecule has 202 valence electrons. The summed E-state index contributed by atoms with van der Waals surface area (Å²) in [7, 11) is 4.49. The lowest BCUT2D eigenvalue weighted by Gasteiger charge is -2.12. The standard InChI is InChI=1S/C27H24ClN3O7S/c1-5-38-27(34)23-18-14-39-25(22(18)26(33)31(30-23)17-9-7-16(28)8-10-17)29-21(32)11-6-15-12-19(35-2)24(37-4)20(13-15)36-3/h6-14H,5H2,1-4H3,(H,29,32)/b11-6+. The number of thiophene rings is 1. The second kappa shape index (κ2) is 12.0. The van der Waals surface area contributed by atoms with E-state index in [0.29, 0.717) is 33.5 Å². The van der Waals surface area contributed by atoms with Gasteiger partial charge in [-0.3, -0.25) is 9.59 Å². The number of hydrogen-bond acceptors (Lipinski definition) is 9. The van der Waals surface area contributed by atoms with Gasteiger partial charge in [-0.15, -0.1) is 11.3 Å². The van der Waals surface area contributed by atoms with E-state index in [-0.39, 0.29) is 28.1 Å². The maximum Gasteiger partial charge on any atom is 0.359 e. The molecule has 0 aliphatic carbocycles. The van der Waals surface area contributed by atoms with Crippen molar-refractivity contribution in [2.75, 3.05) is 33.3 Å². The van der Waals surface area contributed by atoms with Crippen LogP contribution >= 0.6 is 22.9 Å². The summed E-state index contributed by atoms with van der Waals surface area (Å²) in [6.07, 6.45) is 2.87. The average Bonchev–Trinajstić information content (AvgIpc) is 3.36. The zero-order valence-corrected chi connectivity index (χ0v) is 23.0. The molecule has 0 radical (unpaired) electrons. The van der Waals surface area contributed by atoms with Crippen LogP contribution in [0.15, 0.2) is 52.6 Å². The Kier molecular flexibility index (Phi) is 8.52. The molecule has 0 spiro atoms. The first-order valence-electron chi connectivity index (χ1n) is 11.6. The zero-order valence-electron chi connectivity index (χ0n) is 21.4. The number of carbonyl (C=O) groups excluding carboxylic acids is 2. The van der Waals surface area contributed by atoms with E-state index in [4.69, 9.17) is 30.5 Å². The number of halogens is 1. The number of fused-ring (bicyclic) bond motifs is 1. The highest BCUT2D eigenvalue weighted by atomic mass is 35.5. The average molecular weight is 570 g/mol. The minimum absolute atomic E-state index is 0.0499. The zero-order chi connectivity index (χ0) is 28.1. The first kappa shape index (κ1) is 27.7. The number of nitrogens with one attached hydrogen (secondary N) is 1. The third-order valence-corrected chi connectivity index (χ3v) is 6.69. The van der Waals surface area contributed by atoms with E-state index >= 15 is 0 Å². The monoisotopic (exact) mass is 569 g/mol. The Morgan fingerprint density at radius 3 is 2.33 bits per heavy atom. The summed E-state index contributed by atoms with van der Waals surface area (Å²) >= 11 is 7.09. The summed E-state index contributed by atoms with van der Waals surface area (Å²) < 4.78 is 22.3. The SMILES string of the molecule is CCOC(=O)c1nn(-c2ccc(Cl)cc2)c(=O)c2c(NC(=O)/C=C/c3cc(OC)c(OC)c(OC)c3)scc12. The largest absolute Gasteiger partial charge is 0.493 e. The first-order valence-corrected chi connectivity index (χ1v) is 12.8. The van der Waals surface area contributed by atoms with E-state index in [1.807, 2.05) is 0 Å². The van der Waals surface area contributed by atoms with Crippen molar-refractivity contribution >= 4 is 56.7 Å². The smallest absolute Gasteiger partial charge is 0.359 e. The van der Waals surface area contributed by atoms with Gasteiger partial charge in [0.1, 0.15) is 5.00 Å². The Morgan fingerprint density at radius 2 is 1.74 bits per heavy atom. The Labute approximate surface area is 232 Å². The fourth-order valence-corrected chi connectivity index (χ4v) is 4.84. The fourth-order valence-electron chi connectivity index (χ4n) is 3.77. The topological polar surface area (TPSA) is 118 Å². The molecule has 39 heavy (non-hydrogen) atoms. The number of anilines is 1. The van der Waals surface area contributed by atoms with Gasteiger partial charge in [-0.05, 0) is 55.0 Å². The van der Waals surface area contributed by atoms with Gasteiger partial charge >= 0.3 is 5.97 Å². The van der Waals surface area contributed by atoms with E-state index in [9.17, 15) is 14.4 Å². The van der Waals surface area contributed by atoms with Gasteiger partial charge in [-0.25, -0.2) is 4.79 Å². The van der Waals surface area contributed by atoms with Crippen LogP contribution < -0.4 is 25.1 Å². The molecule has 1 amide bonds. The van der Waals surface area contributed by atoms with Crippen LogP contribution in [-0.2, 0) is 9.53 Å². The predicted octanol–water partition coefficient (Wildman–Crippen LogP) is 4.96. The minimum atomic E-state index is -0.691. The summed E-state index contributed by atoms with van der Waals surface area (Å²) in [5.74, 6) is 0.100. The molecule has 2 heterocycles. The van der Waals surface area contributed by atoms with Crippen LogP contribution in [0, 0.1) is 0 Å². The van der Waals surface area contributed by atoms with Crippen molar-refractivity contribution in [3.63, 3.8) is 0 Å². The van der Waals surface area contributed by atoms with E-state index in [1.165, 1.54) is 27.4 Å². The number of ether oxygens (including phenoxy) is 4. The van der Waals surface area contributed by atoms with Crippen molar-refractivity contribution < 1.29 is 28.5 Å². The van der Waals surface area contributed by atoms with Crippen LogP contribution in [0.5, 0.6) is 17.2 Å². The number of hydrogen-bond donors (Lipinski definition) is 1. The van der Waals surface area contributed by atoms with Gasteiger partial charge in [0.15, 0.2) is 17.2 Å². The molecule has 0 aliphatic heterocycles. The van der Waals surface area contributed by atoms with Crippen LogP contribution in [0.4, 0.5) is 5.00 Å². The number of amides is 1. The van der Waals surface area contributed by atoms with Crippen molar-refractivity contribution in [2.45, 2.75) is 6.92 Å². The number of aromatic nitrogens is 2. The van der Waals surface area contributed by atoms with Crippen molar-refractivity contribution in [3.8, 4) is 22.9 Å². The van der Waals surface area contributed by atoms with Gasteiger partial charge in [-0.2, -0.15) is 9.78 Å². The molecule has 4 aromatic rings. The third kappa shape index (κ3) is 5.74. The Hall–Kier alpha value is -4.35. The molecule has 0 aliphatic rings. The summed E-state index contributed by atoms with van der Waals surface area (Å²) in [6, 6.07) is 9.78. The maximum atomic E-state index is 13.5. The lowest BCUT2D eigenvalue weighted by atomic mass is 10.1. The number of benzene rings is 2. The minimum Gasteiger partial charge on any atom is -0.493 e. The van der Waals surface area contributed by atoms with Gasteiger partial charge in [-0.1, -0.05) is 11.6 Å². The first-order chi connectivity index (χ1) is 18.8. The highest BCUT2D eigenvalue weighted by Crippen LogP contribution is 2.38. The molecule has 2 aromatic heterocycles. The molecule has 12 heteroatoms. The molecule has 2 aromatic carbocycles. The number of carbonyl (C=O) groups is 2. The van der Waals surface area contributed by atoms with Crippen LogP contribution in [0.2, 0.25) is 5.02 Å². The molecule has 0 saturated heterocycles. The molecule has 0 saturated carbocycles. The predicted molar refractivity (Wildman–Crippen MR) is 150 cm³/mol. The van der Waals surface area contributed by atoms with Gasteiger partial charge in [0, 0.05) is 21.9 Å². The second-order valence-corrected chi connectivity index (χ2v) is 9.21. The highest BCUT2D eigenvalue weighted by molar-refractivity contribution is 7.16. The normalized spacial score (nSPS) is 11.0. The van der Waals surface area contributed by atoms with Crippen LogP contribution in [-0.4, -0.2) is 49.6 Å². The summed E-state index contributed by atoms with van der Waals surface area (Å²) in [6.45, 7) is 1.80. The molecular weight excluding hydrogens is 546 g/mol. The van der Waals surface area contributed by atoms with E-state index in [0.717, 1.165) is 16.0 Å². The molecule has 10 nitrogen and oxygen atoms in total. The van der Waals surface area contributed by atoms with Crippen molar-refractivity contribution in [2.24, 2.45) is 0 Å². The molecule has 0 atom stereocenters. The van der Waals surface area contributed by atoms with Crippen molar-refractivity contribution in [1.82, 2.24) is 9.78 Å². The van der Waals surface area contributed by atoms with Gasteiger partial charge in [0.05, 0.1) is 39.0 Å². The summed E-state index contributed by atoms with van der Waals surface area (Å²) in [4.78, 5) is 39.1. The number of esters is 1.